The maximum absolute atomic E-state index is 10.4. The van der Waals surface area contributed by atoms with Gasteiger partial charge in [-0.3, -0.25) is 9.80 Å². The number of hydrogen-bond donors (Lipinski definition) is 2. The molecule has 3 rings (SSSR count). The van der Waals surface area contributed by atoms with Gasteiger partial charge in [-0.25, -0.2) is 0 Å². The van der Waals surface area contributed by atoms with Crippen molar-refractivity contribution in [1.29, 1.82) is 0 Å². The van der Waals surface area contributed by atoms with Crippen LogP contribution < -0.4 is 18.9 Å². The number of benzene rings is 2. The summed E-state index contributed by atoms with van der Waals surface area (Å²) in [7, 11) is 3.19. The highest BCUT2D eigenvalue weighted by atomic mass is 16.5. The Kier molecular flexibility index (Phi) is 8.99. The summed E-state index contributed by atoms with van der Waals surface area (Å²) in [4.78, 5) is 4.31. The van der Waals surface area contributed by atoms with Gasteiger partial charge in [0.05, 0.1) is 14.2 Å². The smallest absolute Gasteiger partial charge is 0.178 e. The number of piperazine rings is 1. The molecule has 0 spiro atoms. The fourth-order valence-corrected chi connectivity index (χ4v) is 3.80. The highest BCUT2D eigenvalue weighted by Crippen LogP contribution is 2.28. The van der Waals surface area contributed by atoms with E-state index in [1.165, 1.54) is 0 Å². The van der Waals surface area contributed by atoms with E-state index in [4.69, 9.17) is 18.9 Å². The Balaban J connectivity index is 1.48. The zero-order valence-electron chi connectivity index (χ0n) is 19.0. The maximum atomic E-state index is 10.4. The first kappa shape index (κ1) is 24.1. The van der Waals surface area contributed by atoms with Crippen LogP contribution in [-0.2, 0) is 0 Å². The SMILES string of the molecule is COc1ccccc1OCC(O)CN1CCN(C(Oc2ccccc2OC)C(C)O)CC1. The number of methoxy groups -OCH3 is 2. The molecule has 2 aromatic rings. The van der Waals surface area contributed by atoms with Crippen molar-refractivity contribution in [3.63, 3.8) is 0 Å². The Morgan fingerprint density at radius 3 is 1.91 bits per heavy atom. The molecule has 1 saturated heterocycles. The van der Waals surface area contributed by atoms with E-state index >= 15 is 0 Å². The standard InChI is InChI=1S/C24H34N2O6/c1-18(27)24(32-23-11-7-5-9-21(23)30-3)26-14-12-25(13-15-26)16-19(28)17-31-22-10-6-4-8-20(22)29-2/h4-11,18-19,24,27-28H,12-17H2,1-3H3. The van der Waals surface area contributed by atoms with Crippen molar-refractivity contribution in [2.24, 2.45) is 0 Å². The average Bonchev–Trinajstić information content (AvgIpc) is 2.82. The molecule has 0 radical (unpaired) electrons. The highest BCUT2D eigenvalue weighted by Gasteiger charge is 2.30. The Bertz CT molecular complexity index is 826. The molecule has 32 heavy (non-hydrogen) atoms. The molecule has 8 heteroatoms. The number of β-amino-alcohol motifs (C(OH)–C–C–N with tert-alkyl or cyclic N) is 1. The molecule has 0 aliphatic carbocycles. The second kappa shape index (κ2) is 11.9. The van der Waals surface area contributed by atoms with E-state index in [-0.39, 0.29) is 6.61 Å². The van der Waals surface area contributed by atoms with E-state index in [9.17, 15) is 10.2 Å². The van der Waals surface area contributed by atoms with Gasteiger partial charge in [0.2, 0.25) is 0 Å². The number of aliphatic hydroxyl groups excluding tert-OH is 2. The van der Waals surface area contributed by atoms with Crippen LogP contribution in [0.15, 0.2) is 48.5 Å². The Morgan fingerprint density at radius 2 is 1.34 bits per heavy atom. The molecule has 0 amide bonds. The third kappa shape index (κ3) is 6.49. The van der Waals surface area contributed by atoms with E-state index in [1.807, 2.05) is 48.5 Å². The van der Waals surface area contributed by atoms with E-state index in [0.717, 1.165) is 13.1 Å². The lowest BCUT2D eigenvalue weighted by molar-refractivity contribution is -0.0784. The lowest BCUT2D eigenvalue weighted by Crippen LogP contribution is -2.56. The summed E-state index contributed by atoms with van der Waals surface area (Å²) in [5.41, 5.74) is 0. The molecule has 3 atom stereocenters. The Labute approximate surface area is 189 Å². The van der Waals surface area contributed by atoms with Crippen LogP contribution in [-0.4, -0.2) is 92.0 Å². The summed E-state index contributed by atoms with van der Waals surface area (Å²) >= 11 is 0. The van der Waals surface area contributed by atoms with Crippen molar-refractivity contribution < 1.29 is 29.2 Å². The van der Waals surface area contributed by atoms with Crippen LogP contribution in [0.4, 0.5) is 0 Å². The number of hydrogen-bond acceptors (Lipinski definition) is 8. The van der Waals surface area contributed by atoms with Crippen LogP contribution in [0.1, 0.15) is 6.92 Å². The Morgan fingerprint density at radius 1 is 0.812 bits per heavy atom. The largest absolute Gasteiger partial charge is 0.493 e. The summed E-state index contributed by atoms with van der Waals surface area (Å²) in [6, 6.07) is 14.8. The number of nitrogens with zero attached hydrogens (tertiary/aromatic N) is 2. The average molecular weight is 447 g/mol. The molecule has 2 N–H and O–H groups in total. The van der Waals surface area contributed by atoms with E-state index in [2.05, 4.69) is 9.80 Å². The lowest BCUT2D eigenvalue weighted by atomic mass is 10.2. The van der Waals surface area contributed by atoms with Gasteiger partial charge in [0, 0.05) is 32.7 Å². The maximum Gasteiger partial charge on any atom is 0.178 e. The van der Waals surface area contributed by atoms with Gasteiger partial charge in [-0.15, -0.1) is 0 Å². The number of rotatable bonds is 11. The number of ether oxygens (including phenoxy) is 4. The van der Waals surface area contributed by atoms with E-state index in [1.54, 1.807) is 21.1 Å². The van der Waals surface area contributed by atoms with E-state index in [0.29, 0.717) is 42.6 Å². The zero-order valence-corrected chi connectivity index (χ0v) is 19.0. The Hall–Kier alpha value is -2.52. The van der Waals surface area contributed by atoms with E-state index < -0.39 is 18.4 Å². The molecular formula is C24H34N2O6. The highest BCUT2D eigenvalue weighted by molar-refractivity contribution is 5.40. The molecule has 0 saturated carbocycles. The zero-order chi connectivity index (χ0) is 22.9. The minimum atomic E-state index is -0.675. The van der Waals surface area contributed by atoms with Gasteiger partial charge >= 0.3 is 0 Å². The lowest BCUT2D eigenvalue weighted by Gasteiger charge is -2.40. The molecular weight excluding hydrogens is 412 g/mol. The third-order valence-electron chi connectivity index (χ3n) is 5.47. The molecule has 1 aliphatic rings. The van der Waals surface area contributed by atoms with Gasteiger partial charge in [0.1, 0.15) is 18.8 Å². The molecule has 0 aromatic heterocycles. The van der Waals surface area contributed by atoms with Crippen LogP contribution in [0.5, 0.6) is 23.0 Å². The van der Waals surface area contributed by atoms with Gasteiger partial charge in [-0.2, -0.15) is 0 Å². The summed E-state index contributed by atoms with van der Waals surface area (Å²) < 4.78 is 22.5. The minimum Gasteiger partial charge on any atom is -0.493 e. The minimum absolute atomic E-state index is 0.188. The van der Waals surface area contributed by atoms with Crippen LogP contribution in [0.3, 0.4) is 0 Å². The van der Waals surface area contributed by atoms with Gasteiger partial charge in [0.15, 0.2) is 29.2 Å². The van der Waals surface area contributed by atoms with Crippen molar-refractivity contribution in [2.45, 2.75) is 25.4 Å². The van der Waals surface area contributed by atoms with Crippen molar-refractivity contribution >= 4 is 0 Å². The van der Waals surface area contributed by atoms with Crippen LogP contribution in [0.25, 0.3) is 0 Å². The van der Waals surface area contributed by atoms with Crippen molar-refractivity contribution in [1.82, 2.24) is 9.80 Å². The molecule has 0 bridgehead atoms. The predicted octanol–water partition coefficient (Wildman–Crippen LogP) is 1.85. The topological polar surface area (TPSA) is 83.9 Å². The van der Waals surface area contributed by atoms with Crippen LogP contribution in [0.2, 0.25) is 0 Å². The molecule has 1 heterocycles. The van der Waals surface area contributed by atoms with Crippen molar-refractivity contribution in [3.05, 3.63) is 48.5 Å². The van der Waals surface area contributed by atoms with Crippen LogP contribution >= 0.6 is 0 Å². The summed E-state index contributed by atoms with van der Waals surface area (Å²) in [6.07, 6.45) is -1.78. The summed E-state index contributed by atoms with van der Waals surface area (Å²) in [5.74, 6) is 2.50. The normalized spacial score (nSPS) is 17.9. The third-order valence-corrected chi connectivity index (χ3v) is 5.47. The monoisotopic (exact) mass is 446 g/mol. The summed E-state index contributed by atoms with van der Waals surface area (Å²) in [5, 5.41) is 20.8. The second-order valence-corrected chi connectivity index (χ2v) is 7.85. The fraction of sp³-hybridized carbons (Fsp3) is 0.500. The molecule has 176 valence electrons. The summed E-state index contributed by atoms with van der Waals surface area (Å²) in [6.45, 7) is 5.36. The predicted molar refractivity (Wildman–Crippen MR) is 122 cm³/mol. The first-order valence-electron chi connectivity index (χ1n) is 10.9. The van der Waals surface area contributed by atoms with Gasteiger partial charge in [-0.1, -0.05) is 24.3 Å². The van der Waals surface area contributed by atoms with Gasteiger partial charge in [-0.05, 0) is 31.2 Å². The molecule has 1 aliphatic heterocycles. The van der Waals surface area contributed by atoms with Gasteiger partial charge in [0.25, 0.3) is 0 Å². The van der Waals surface area contributed by atoms with Gasteiger partial charge < -0.3 is 29.2 Å². The quantitative estimate of drug-likeness (QED) is 0.541. The number of aliphatic hydroxyl groups is 2. The first-order chi connectivity index (χ1) is 15.5. The second-order valence-electron chi connectivity index (χ2n) is 7.85. The molecule has 1 fully saturated rings. The molecule has 8 nitrogen and oxygen atoms in total. The first-order valence-corrected chi connectivity index (χ1v) is 10.9. The van der Waals surface area contributed by atoms with Crippen LogP contribution in [0, 0.1) is 0 Å². The van der Waals surface area contributed by atoms with Crippen molar-refractivity contribution in [2.75, 3.05) is 53.6 Å². The fourth-order valence-electron chi connectivity index (χ4n) is 3.80. The number of para-hydroxylation sites is 4. The molecule has 2 aromatic carbocycles. The van der Waals surface area contributed by atoms with Crippen molar-refractivity contribution in [3.8, 4) is 23.0 Å². The molecule has 3 unspecified atom stereocenters.